The minimum Gasteiger partial charge on any atom is -0.374 e. The fourth-order valence-corrected chi connectivity index (χ4v) is 2.46. The van der Waals surface area contributed by atoms with Gasteiger partial charge in [0, 0.05) is 12.6 Å². The Kier molecular flexibility index (Phi) is 5.07. The third-order valence-electron chi connectivity index (χ3n) is 3.59. The Morgan fingerprint density at radius 3 is 2.62 bits per heavy atom. The summed E-state index contributed by atoms with van der Waals surface area (Å²) in [6.45, 7) is 2.22. The van der Waals surface area contributed by atoms with Crippen LogP contribution in [0.25, 0.3) is 0 Å². The quantitative estimate of drug-likeness (QED) is 0.618. The highest BCUT2D eigenvalue weighted by atomic mass is 16.5. The smallest absolute Gasteiger partial charge is 0.0704 e. The maximum atomic E-state index is 5.96. The van der Waals surface area contributed by atoms with E-state index in [1.807, 2.05) is 7.05 Å². The molecule has 1 aliphatic heterocycles. The van der Waals surface area contributed by atoms with Crippen LogP contribution in [0.1, 0.15) is 44.9 Å². The average Bonchev–Trinajstić information content (AvgIpc) is 2.99. The second kappa shape index (κ2) is 6.58. The lowest BCUT2D eigenvalue weighted by Gasteiger charge is -2.13. The van der Waals surface area contributed by atoms with Gasteiger partial charge in [0.15, 0.2) is 0 Å². The Labute approximate surface area is 99.3 Å². The second-order valence-electron chi connectivity index (χ2n) is 5.24. The third-order valence-corrected chi connectivity index (χ3v) is 3.59. The molecule has 1 saturated carbocycles. The van der Waals surface area contributed by atoms with Gasteiger partial charge in [-0.3, -0.25) is 0 Å². The van der Waals surface area contributed by atoms with E-state index in [0.29, 0.717) is 12.2 Å². The number of likely N-dealkylation sites (N-methyl/N-ethyl adjacent to an activating group) is 1. The average molecular weight is 226 g/mol. The second-order valence-corrected chi connectivity index (χ2v) is 5.24. The minimum absolute atomic E-state index is 0.472. The van der Waals surface area contributed by atoms with Gasteiger partial charge in [0.2, 0.25) is 0 Å². The van der Waals surface area contributed by atoms with E-state index < -0.39 is 0 Å². The first-order valence-corrected chi connectivity index (χ1v) is 6.92. The van der Waals surface area contributed by atoms with Crippen LogP contribution in [0.4, 0.5) is 0 Å². The molecule has 2 unspecified atom stereocenters. The van der Waals surface area contributed by atoms with E-state index in [4.69, 9.17) is 4.74 Å². The van der Waals surface area contributed by atoms with Crippen molar-refractivity contribution in [1.82, 2.24) is 10.6 Å². The lowest BCUT2D eigenvalue weighted by atomic mass is 10.1. The van der Waals surface area contributed by atoms with E-state index in [0.717, 1.165) is 12.6 Å². The first-order chi connectivity index (χ1) is 7.88. The largest absolute Gasteiger partial charge is 0.374 e. The highest BCUT2D eigenvalue weighted by Crippen LogP contribution is 2.23. The molecule has 2 atom stereocenters. The van der Waals surface area contributed by atoms with E-state index in [9.17, 15) is 0 Å². The first kappa shape index (κ1) is 12.3. The Morgan fingerprint density at radius 1 is 1.06 bits per heavy atom. The molecule has 16 heavy (non-hydrogen) atoms. The Morgan fingerprint density at radius 2 is 1.88 bits per heavy atom. The molecule has 2 N–H and O–H groups in total. The lowest BCUT2D eigenvalue weighted by Crippen LogP contribution is -2.24. The summed E-state index contributed by atoms with van der Waals surface area (Å²) in [7, 11) is 2.00. The van der Waals surface area contributed by atoms with E-state index in [1.54, 1.807) is 0 Å². The summed E-state index contributed by atoms with van der Waals surface area (Å²) in [6, 6.07) is 0.864. The molecule has 0 aromatic rings. The van der Waals surface area contributed by atoms with Crippen molar-refractivity contribution in [3.05, 3.63) is 0 Å². The summed E-state index contributed by atoms with van der Waals surface area (Å²) < 4.78 is 5.96. The van der Waals surface area contributed by atoms with E-state index in [-0.39, 0.29) is 0 Å². The van der Waals surface area contributed by atoms with Crippen molar-refractivity contribution < 1.29 is 4.74 Å². The molecule has 2 fully saturated rings. The van der Waals surface area contributed by atoms with Crippen molar-refractivity contribution in [3.63, 3.8) is 0 Å². The van der Waals surface area contributed by atoms with Crippen LogP contribution in [-0.2, 0) is 4.74 Å². The van der Waals surface area contributed by atoms with Gasteiger partial charge in [-0.15, -0.1) is 0 Å². The van der Waals surface area contributed by atoms with Crippen molar-refractivity contribution in [2.45, 2.75) is 63.2 Å². The number of ether oxygens (including phenoxy) is 1. The molecule has 94 valence electrons. The van der Waals surface area contributed by atoms with Crippen molar-refractivity contribution in [1.29, 1.82) is 0 Å². The molecule has 0 radical (unpaired) electrons. The first-order valence-electron chi connectivity index (χ1n) is 6.92. The predicted molar refractivity (Wildman–Crippen MR) is 66.7 cm³/mol. The predicted octanol–water partition coefficient (Wildman–Crippen LogP) is 1.68. The molecular formula is C13H26N2O. The van der Waals surface area contributed by atoms with Crippen LogP contribution < -0.4 is 10.6 Å². The van der Waals surface area contributed by atoms with Crippen LogP contribution in [0.2, 0.25) is 0 Å². The van der Waals surface area contributed by atoms with Crippen molar-refractivity contribution in [3.8, 4) is 0 Å². The van der Waals surface area contributed by atoms with Gasteiger partial charge in [-0.1, -0.05) is 0 Å². The summed E-state index contributed by atoms with van der Waals surface area (Å²) >= 11 is 0. The Hall–Kier alpha value is -0.120. The third kappa shape index (κ3) is 4.40. The highest BCUT2D eigenvalue weighted by Gasteiger charge is 2.24. The maximum absolute atomic E-state index is 5.96. The van der Waals surface area contributed by atoms with E-state index in [2.05, 4.69) is 10.6 Å². The van der Waals surface area contributed by atoms with Crippen LogP contribution in [-0.4, -0.2) is 38.4 Å². The summed E-state index contributed by atoms with van der Waals surface area (Å²) in [5.41, 5.74) is 0. The maximum Gasteiger partial charge on any atom is 0.0704 e. The molecule has 3 heteroatoms. The molecule has 0 spiro atoms. The zero-order chi connectivity index (χ0) is 11.2. The van der Waals surface area contributed by atoms with Crippen LogP contribution >= 0.6 is 0 Å². The van der Waals surface area contributed by atoms with E-state index in [1.165, 1.54) is 51.5 Å². The number of hydrogen-bond acceptors (Lipinski definition) is 3. The van der Waals surface area contributed by atoms with Crippen LogP contribution in [0.15, 0.2) is 0 Å². The monoisotopic (exact) mass is 226 g/mol. The van der Waals surface area contributed by atoms with Crippen LogP contribution in [0, 0.1) is 0 Å². The topological polar surface area (TPSA) is 33.3 Å². The van der Waals surface area contributed by atoms with Gasteiger partial charge in [-0.05, 0) is 58.5 Å². The number of rotatable bonds is 8. The molecule has 0 aromatic carbocycles. The highest BCUT2D eigenvalue weighted by molar-refractivity contribution is 4.80. The molecule has 2 rings (SSSR count). The minimum atomic E-state index is 0.472. The van der Waals surface area contributed by atoms with Crippen molar-refractivity contribution in [2.24, 2.45) is 0 Å². The molecule has 0 bridgehead atoms. The fourth-order valence-electron chi connectivity index (χ4n) is 2.46. The Balaban J connectivity index is 1.43. The molecule has 0 aromatic heterocycles. The van der Waals surface area contributed by atoms with Gasteiger partial charge < -0.3 is 15.4 Å². The standard InChI is InChI=1S/C13H26N2O/c1-14-10-13-8-7-12(16-13)4-2-3-9-15-11-5-6-11/h11-15H,2-10H2,1H3. The normalized spacial score (nSPS) is 29.8. The molecule has 0 amide bonds. The zero-order valence-electron chi connectivity index (χ0n) is 10.5. The summed E-state index contributed by atoms with van der Waals surface area (Å²) in [5, 5.41) is 6.75. The molecule has 1 aliphatic carbocycles. The Bertz CT molecular complexity index is 194. The number of unbranched alkanes of at least 4 members (excludes halogenated alkanes) is 1. The molecule has 1 saturated heterocycles. The van der Waals surface area contributed by atoms with Gasteiger partial charge >= 0.3 is 0 Å². The van der Waals surface area contributed by atoms with Gasteiger partial charge in [-0.2, -0.15) is 0 Å². The summed E-state index contributed by atoms with van der Waals surface area (Å²) in [4.78, 5) is 0. The number of nitrogens with one attached hydrogen (secondary N) is 2. The zero-order valence-corrected chi connectivity index (χ0v) is 10.5. The van der Waals surface area contributed by atoms with Crippen molar-refractivity contribution in [2.75, 3.05) is 20.1 Å². The molecular weight excluding hydrogens is 200 g/mol. The van der Waals surface area contributed by atoms with Crippen molar-refractivity contribution >= 4 is 0 Å². The summed E-state index contributed by atoms with van der Waals surface area (Å²) in [6.07, 6.45) is 10.2. The van der Waals surface area contributed by atoms with Gasteiger partial charge in [0.25, 0.3) is 0 Å². The van der Waals surface area contributed by atoms with E-state index >= 15 is 0 Å². The molecule has 2 aliphatic rings. The SMILES string of the molecule is CNCC1CCC(CCCCNC2CC2)O1. The lowest BCUT2D eigenvalue weighted by molar-refractivity contribution is 0.0406. The van der Waals surface area contributed by atoms with Gasteiger partial charge in [0.05, 0.1) is 12.2 Å². The molecule has 3 nitrogen and oxygen atoms in total. The number of hydrogen-bond donors (Lipinski definition) is 2. The van der Waals surface area contributed by atoms with Crippen LogP contribution in [0.3, 0.4) is 0 Å². The van der Waals surface area contributed by atoms with Gasteiger partial charge in [0.1, 0.15) is 0 Å². The molecule has 1 heterocycles. The van der Waals surface area contributed by atoms with Gasteiger partial charge in [-0.25, -0.2) is 0 Å². The fraction of sp³-hybridized carbons (Fsp3) is 1.00. The summed E-state index contributed by atoms with van der Waals surface area (Å²) in [5.74, 6) is 0. The van der Waals surface area contributed by atoms with Crippen LogP contribution in [0.5, 0.6) is 0 Å².